The lowest BCUT2D eigenvalue weighted by Gasteiger charge is -2.28. The summed E-state index contributed by atoms with van der Waals surface area (Å²) in [4.78, 5) is 0. The molecule has 1 atom stereocenters. The maximum absolute atomic E-state index is 2.73. The molecule has 1 unspecified atom stereocenters. The molecule has 0 saturated carbocycles. The van der Waals surface area contributed by atoms with Gasteiger partial charge in [0.1, 0.15) is 0 Å². The molecule has 0 aliphatic rings. The number of benzene rings is 1. The van der Waals surface area contributed by atoms with Crippen LogP contribution in [0.3, 0.4) is 0 Å². The van der Waals surface area contributed by atoms with Crippen LogP contribution in [-0.4, -0.2) is 0 Å². The molecule has 1 rings (SSSR count). The third kappa shape index (κ3) is 9.12. The minimum atomic E-state index is 0.355. The van der Waals surface area contributed by atoms with Crippen molar-refractivity contribution in [2.45, 2.75) is 101 Å². The second-order valence-electron chi connectivity index (χ2n) is 7.01. The zero-order chi connectivity index (χ0) is 16.8. The van der Waals surface area contributed by atoms with E-state index in [2.05, 4.69) is 66.8 Å². The Labute approximate surface area is 159 Å². The standard InChI is InChI=1S/C22H37I/c1-3-5-6-7-8-9-10-11-12-16-20-22(23,19-4-2)21-17-14-13-15-18-21/h13-15,17-18H,3-12,16,19-20H2,1-2H3. The molecule has 0 amide bonds. The molecule has 0 nitrogen and oxygen atoms in total. The highest BCUT2D eigenvalue weighted by Gasteiger charge is 2.26. The van der Waals surface area contributed by atoms with Crippen molar-refractivity contribution in [2.24, 2.45) is 0 Å². The Balaban J connectivity index is 2.17. The second-order valence-corrected chi connectivity index (χ2v) is 9.08. The summed E-state index contributed by atoms with van der Waals surface area (Å²) in [7, 11) is 0. The van der Waals surface area contributed by atoms with Crippen LogP contribution in [0.1, 0.15) is 103 Å². The van der Waals surface area contributed by atoms with Gasteiger partial charge in [0.2, 0.25) is 0 Å². The van der Waals surface area contributed by atoms with Gasteiger partial charge in [-0.1, -0.05) is 137 Å². The average Bonchev–Trinajstić information content (AvgIpc) is 2.58. The largest absolute Gasteiger partial charge is 0.0737 e. The van der Waals surface area contributed by atoms with Gasteiger partial charge in [-0.2, -0.15) is 0 Å². The summed E-state index contributed by atoms with van der Waals surface area (Å²) in [6, 6.07) is 11.2. The third-order valence-corrected chi connectivity index (χ3v) is 6.57. The van der Waals surface area contributed by atoms with Gasteiger partial charge in [0.25, 0.3) is 0 Å². The van der Waals surface area contributed by atoms with Crippen molar-refractivity contribution in [3.8, 4) is 0 Å². The fourth-order valence-corrected chi connectivity index (χ4v) is 4.72. The van der Waals surface area contributed by atoms with E-state index in [1.54, 1.807) is 0 Å². The molecule has 0 aromatic heterocycles. The lowest BCUT2D eigenvalue weighted by Crippen LogP contribution is -2.17. The normalized spacial score (nSPS) is 13.9. The van der Waals surface area contributed by atoms with Crippen molar-refractivity contribution < 1.29 is 0 Å². The highest BCUT2D eigenvalue weighted by molar-refractivity contribution is 14.1. The summed E-state index contributed by atoms with van der Waals surface area (Å²) in [6.07, 6.45) is 18.2. The molecule has 0 aliphatic heterocycles. The van der Waals surface area contributed by atoms with Gasteiger partial charge < -0.3 is 0 Å². The molecular formula is C22H37I. The molecular weight excluding hydrogens is 391 g/mol. The van der Waals surface area contributed by atoms with E-state index in [1.807, 2.05) is 0 Å². The van der Waals surface area contributed by atoms with Crippen molar-refractivity contribution >= 4 is 22.6 Å². The maximum Gasteiger partial charge on any atom is 0.0470 e. The average molecular weight is 428 g/mol. The molecule has 0 heterocycles. The van der Waals surface area contributed by atoms with Crippen LogP contribution in [0.25, 0.3) is 0 Å². The first-order valence-corrected chi connectivity index (χ1v) is 11.0. The van der Waals surface area contributed by atoms with E-state index < -0.39 is 0 Å². The van der Waals surface area contributed by atoms with Crippen LogP contribution in [0.5, 0.6) is 0 Å². The van der Waals surface area contributed by atoms with Gasteiger partial charge in [-0.25, -0.2) is 0 Å². The summed E-state index contributed by atoms with van der Waals surface area (Å²) >= 11 is 2.73. The molecule has 0 radical (unpaired) electrons. The van der Waals surface area contributed by atoms with Crippen molar-refractivity contribution in [3.05, 3.63) is 35.9 Å². The van der Waals surface area contributed by atoms with E-state index in [0.717, 1.165) is 0 Å². The number of hydrogen-bond acceptors (Lipinski definition) is 0. The number of unbranched alkanes of at least 4 members (excludes halogenated alkanes) is 9. The van der Waals surface area contributed by atoms with Crippen LogP contribution in [0.4, 0.5) is 0 Å². The highest BCUT2D eigenvalue weighted by atomic mass is 127. The van der Waals surface area contributed by atoms with Crippen LogP contribution in [-0.2, 0) is 3.42 Å². The van der Waals surface area contributed by atoms with Crippen LogP contribution < -0.4 is 0 Å². The second kappa shape index (κ2) is 13.3. The number of rotatable bonds is 14. The predicted octanol–water partition coefficient (Wildman–Crippen LogP) is 8.43. The maximum atomic E-state index is 2.73. The van der Waals surface area contributed by atoms with E-state index in [4.69, 9.17) is 0 Å². The van der Waals surface area contributed by atoms with E-state index in [0.29, 0.717) is 3.42 Å². The number of alkyl halides is 1. The third-order valence-electron chi connectivity index (χ3n) is 4.86. The summed E-state index contributed by atoms with van der Waals surface area (Å²) < 4.78 is 0.355. The molecule has 1 aromatic rings. The minimum absolute atomic E-state index is 0.355. The smallest absolute Gasteiger partial charge is 0.0470 e. The molecule has 0 bridgehead atoms. The first kappa shape index (κ1) is 21.0. The molecule has 0 aliphatic carbocycles. The van der Waals surface area contributed by atoms with E-state index in [-0.39, 0.29) is 0 Å². The molecule has 1 aromatic carbocycles. The summed E-state index contributed by atoms with van der Waals surface area (Å²) in [5.41, 5.74) is 1.53. The van der Waals surface area contributed by atoms with Crippen LogP contribution in [0, 0.1) is 0 Å². The summed E-state index contributed by atoms with van der Waals surface area (Å²) in [5, 5.41) is 0. The Morgan fingerprint density at radius 2 is 1.17 bits per heavy atom. The van der Waals surface area contributed by atoms with Crippen LogP contribution in [0.15, 0.2) is 30.3 Å². The summed E-state index contributed by atoms with van der Waals surface area (Å²) in [5.74, 6) is 0. The molecule has 0 N–H and O–H groups in total. The van der Waals surface area contributed by atoms with Gasteiger partial charge in [0.05, 0.1) is 0 Å². The SMILES string of the molecule is CCCCCCCCCCCCC(I)(CCC)c1ccccc1. The lowest BCUT2D eigenvalue weighted by molar-refractivity contribution is 0.490. The summed E-state index contributed by atoms with van der Waals surface area (Å²) in [6.45, 7) is 4.61. The highest BCUT2D eigenvalue weighted by Crippen LogP contribution is 2.41. The van der Waals surface area contributed by atoms with Gasteiger partial charge >= 0.3 is 0 Å². The Bertz CT molecular complexity index is 373. The Morgan fingerprint density at radius 1 is 0.652 bits per heavy atom. The fourth-order valence-electron chi connectivity index (χ4n) is 3.44. The van der Waals surface area contributed by atoms with Gasteiger partial charge in [-0.15, -0.1) is 0 Å². The zero-order valence-corrected chi connectivity index (χ0v) is 17.6. The predicted molar refractivity (Wildman–Crippen MR) is 114 cm³/mol. The van der Waals surface area contributed by atoms with Gasteiger partial charge in [-0.3, -0.25) is 0 Å². The quantitative estimate of drug-likeness (QED) is 0.158. The molecule has 0 saturated heterocycles. The van der Waals surface area contributed by atoms with Gasteiger partial charge in [-0.05, 0) is 18.4 Å². The first-order chi connectivity index (χ1) is 11.2. The Hall–Kier alpha value is -0.0500. The molecule has 0 fully saturated rings. The zero-order valence-electron chi connectivity index (χ0n) is 15.5. The number of hydrogen-bond donors (Lipinski definition) is 0. The monoisotopic (exact) mass is 428 g/mol. The first-order valence-electron chi connectivity index (χ1n) is 9.97. The topological polar surface area (TPSA) is 0 Å². The Kier molecular flexibility index (Phi) is 12.1. The van der Waals surface area contributed by atoms with Crippen LogP contribution in [0.2, 0.25) is 0 Å². The van der Waals surface area contributed by atoms with Gasteiger partial charge in [0.15, 0.2) is 0 Å². The van der Waals surface area contributed by atoms with E-state index >= 15 is 0 Å². The molecule has 1 heteroatoms. The van der Waals surface area contributed by atoms with Crippen molar-refractivity contribution in [1.29, 1.82) is 0 Å². The van der Waals surface area contributed by atoms with Gasteiger partial charge in [0, 0.05) is 3.42 Å². The van der Waals surface area contributed by atoms with Crippen molar-refractivity contribution in [1.82, 2.24) is 0 Å². The van der Waals surface area contributed by atoms with E-state index in [1.165, 1.54) is 89.0 Å². The fraction of sp³-hybridized carbons (Fsp3) is 0.727. The molecule has 0 spiro atoms. The lowest BCUT2D eigenvalue weighted by atomic mass is 9.89. The minimum Gasteiger partial charge on any atom is -0.0737 e. The molecule has 132 valence electrons. The van der Waals surface area contributed by atoms with Crippen molar-refractivity contribution in [2.75, 3.05) is 0 Å². The van der Waals surface area contributed by atoms with E-state index in [9.17, 15) is 0 Å². The Morgan fingerprint density at radius 3 is 1.70 bits per heavy atom. The number of halogens is 1. The van der Waals surface area contributed by atoms with Crippen molar-refractivity contribution in [3.63, 3.8) is 0 Å². The van der Waals surface area contributed by atoms with Crippen LogP contribution >= 0.6 is 22.6 Å². The molecule has 23 heavy (non-hydrogen) atoms.